The van der Waals surface area contributed by atoms with Crippen LogP contribution in [0.2, 0.25) is 0 Å². The molecule has 4 nitrogen and oxygen atoms in total. The summed E-state index contributed by atoms with van der Waals surface area (Å²) >= 11 is 5.46. The fraction of sp³-hybridized carbons (Fsp3) is 0.300. The minimum Gasteiger partial charge on any atom is -0.390 e. The summed E-state index contributed by atoms with van der Waals surface area (Å²) in [5, 5.41) is 17.9. The van der Waals surface area contributed by atoms with Crippen molar-refractivity contribution in [3.05, 3.63) is 76.8 Å². The fourth-order valence-corrected chi connectivity index (χ4v) is 3.41. The lowest BCUT2D eigenvalue weighted by Gasteiger charge is -2.25. The van der Waals surface area contributed by atoms with Crippen molar-refractivity contribution in [1.82, 2.24) is 14.8 Å². The Balaban J connectivity index is 2.03. The number of aliphatic hydroxyl groups is 1. The first-order valence-electron chi connectivity index (χ1n) is 8.43. The van der Waals surface area contributed by atoms with Crippen LogP contribution in [0, 0.1) is 4.77 Å². The van der Waals surface area contributed by atoms with E-state index < -0.39 is 5.60 Å². The third-order valence-corrected chi connectivity index (χ3v) is 4.42. The average Bonchev–Trinajstić information content (AvgIpc) is 2.96. The second-order valence-corrected chi connectivity index (χ2v) is 7.35. The molecule has 130 valence electrons. The van der Waals surface area contributed by atoms with Crippen molar-refractivity contribution < 1.29 is 5.11 Å². The first kappa shape index (κ1) is 17.6. The van der Waals surface area contributed by atoms with Gasteiger partial charge in [0.15, 0.2) is 4.77 Å². The van der Waals surface area contributed by atoms with Crippen LogP contribution in [-0.2, 0) is 6.42 Å². The van der Waals surface area contributed by atoms with Crippen molar-refractivity contribution in [3.63, 3.8) is 0 Å². The zero-order chi connectivity index (χ0) is 17.9. The predicted octanol–water partition coefficient (Wildman–Crippen LogP) is 4.42. The van der Waals surface area contributed by atoms with Gasteiger partial charge in [0.25, 0.3) is 0 Å². The number of aromatic amines is 1. The molecule has 0 radical (unpaired) electrons. The molecule has 1 aromatic heterocycles. The number of hydrogen-bond acceptors (Lipinski definition) is 3. The molecule has 0 amide bonds. The van der Waals surface area contributed by atoms with Crippen molar-refractivity contribution in [1.29, 1.82) is 0 Å². The van der Waals surface area contributed by atoms with Gasteiger partial charge in [0.05, 0.1) is 5.60 Å². The summed E-state index contributed by atoms with van der Waals surface area (Å²) < 4.78 is 2.53. The fourth-order valence-electron chi connectivity index (χ4n) is 3.17. The lowest BCUT2D eigenvalue weighted by molar-refractivity contribution is 0.0617. The van der Waals surface area contributed by atoms with E-state index in [1.807, 2.05) is 66.9 Å². The molecule has 3 rings (SSSR count). The van der Waals surface area contributed by atoms with Crippen LogP contribution in [0.3, 0.4) is 0 Å². The van der Waals surface area contributed by atoms with Gasteiger partial charge in [-0.25, -0.2) is 0 Å². The third-order valence-electron chi connectivity index (χ3n) is 4.15. The molecule has 0 aliphatic heterocycles. The Labute approximate surface area is 153 Å². The van der Waals surface area contributed by atoms with Gasteiger partial charge in [0.2, 0.25) is 0 Å². The molecule has 5 heteroatoms. The molecule has 0 aliphatic rings. The van der Waals surface area contributed by atoms with E-state index >= 15 is 0 Å². The Bertz CT molecular complexity index is 863. The molecule has 1 unspecified atom stereocenters. The van der Waals surface area contributed by atoms with E-state index in [1.54, 1.807) is 0 Å². The topological polar surface area (TPSA) is 53.8 Å². The summed E-state index contributed by atoms with van der Waals surface area (Å²) in [6.45, 7) is 3.66. The molecule has 1 atom stereocenters. The first-order valence-corrected chi connectivity index (χ1v) is 8.84. The second kappa shape index (κ2) is 7.33. The van der Waals surface area contributed by atoms with E-state index in [1.165, 1.54) is 5.56 Å². The predicted molar refractivity (Wildman–Crippen MR) is 103 cm³/mol. The standard InChI is InChI=1S/C20H23N3OS/c1-20(2,24)14-16(13-15-9-5-3-6-10-15)18-21-22-19(25)23(18)17-11-7-4-8-12-17/h3-12,16,24H,13-14H2,1-2H3,(H,22,25). The maximum Gasteiger partial charge on any atom is 0.199 e. The van der Waals surface area contributed by atoms with Crippen molar-refractivity contribution in [3.8, 4) is 5.69 Å². The number of para-hydroxylation sites is 1. The lowest BCUT2D eigenvalue weighted by atomic mass is 9.88. The zero-order valence-corrected chi connectivity index (χ0v) is 15.3. The largest absolute Gasteiger partial charge is 0.390 e. The van der Waals surface area contributed by atoms with Crippen LogP contribution in [0.1, 0.15) is 37.6 Å². The van der Waals surface area contributed by atoms with Crippen molar-refractivity contribution in [2.24, 2.45) is 0 Å². The van der Waals surface area contributed by atoms with Crippen molar-refractivity contribution in [2.75, 3.05) is 0 Å². The van der Waals surface area contributed by atoms with E-state index in [2.05, 4.69) is 22.3 Å². The van der Waals surface area contributed by atoms with Gasteiger partial charge < -0.3 is 5.11 Å². The molecule has 0 fully saturated rings. The molecular formula is C20H23N3OS. The van der Waals surface area contributed by atoms with E-state index in [4.69, 9.17) is 12.2 Å². The minimum absolute atomic E-state index is 0.0376. The SMILES string of the molecule is CC(C)(O)CC(Cc1ccccc1)c1n[nH]c(=S)n1-c1ccccc1. The van der Waals surface area contributed by atoms with Gasteiger partial charge in [0, 0.05) is 11.6 Å². The highest BCUT2D eigenvalue weighted by Gasteiger charge is 2.26. The summed E-state index contributed by atoms with van der Waals surface area (Å²) in [6, 6.07) is 20.2. The molecule has 0 spiro atoms. The smallest absolute Gasteiger partial charge is 0.199 e. The van der Waals surface area contributed by atoms with Crippen LogP contribution in [0.25, 0.3) is 5.69 Å². The van der Waals surface area contributed by atoms with Gasteiger partial charge in [-0.15, -0.1) is 0 Å². The Kier molecular flexibility index (Phi) is 5.16. The van der Waals surface area contributed by atoms with Crippen LogP contribution >= 0.6 is 12.2 Å². The highest BCUT2D eigenvalue weighted by atomic mass is 32.1. The Morgan fingerprint density at radius 1 is 1.08 bits per heavy atom. The van der Waals surface area contributed by atoms with Crippen LogP contribution in [0.5, 0.6) is 0 Å². The van der Waals surface area contributed by atoms with Crippen LogP contribution in [0.15, 0.2) is 60.7 Å². The monoisotopic (exact) mass is 353 g/mol. The Hall–Kier alpha value is -2.24. The molecule has 25 heavy (non-hydrogen) atoms. The summed E-state index contributed by atoms with van der Waals surface area (Å²) in [5.41, 5.74) is 1.39. The van der Waals surface area contributed by atoms with Gasteiger partial charge in [-0.1, -0.05) is 48.5 Å². The number of H-pyrrole nitrogens is 1. The maximum absolute atomic E-state index is 10.4. The van der Waals surface area contributed by atoms with Gasteiger partial charge in [-0.3, -0.25) is 9.67 Å². The van der Waals surface area contributed by atoms with E-state index in [0.717, 1.165) is 17.9 Å². The first-order chi connectivity index (χ1) is 11.9. The van der Waals surface area contributed by atoms with Crippen LogP contribution in [-0.4, -0.2) is 25.5 Å². The highest BCUT2D eigenvalue weighted by molar-refractivity contribution is 7.71. The van der Waals surface area contributed by atoms with E-state index in [-0.39, 0.29) is 5.92 Å². The number of hydrogen-bond donors (Lipinski definition) is 2. The molecular weight excluding hydrogens is 330 g/mol. The van der Waals surface area contributed by atoms with E-state index in [0.29, 0.717) is 11.2 Å². The lowest BCUT2D eigenvalue weighted by Crippen LogP contribution is -2.25. The van der Waals surface area contributed by atoms with E-state index in [9.17, 15) is 5.11 Å². The van der Waals surface area contributed by atoms with Crippen LogP contribution in [0.4, 0.5) is 0 Å². The molecule has 2 aromatic carbocycles. The third kappa shape index (κ3) is 4.44. The molecule has 0 bridgehead atoms. The Morgan fingerprint density at radius 3 is 2.28 bits per heavy atom. The van der Waals surface area contributed by atoms with Gasteiger partial charge >= 0.3 is 0 Å². The van der Waals surface area contributed by atoms with Gasteiger partial charge in [-0.05, 0) is 56.6 Å². The molecule has 3 aromatic rings. The molecule has 0 aliphatic carbocycles. The van der Waals surface area contributed by atoms with Crippen molar-refractivity contribution in [2.45, 2.75) is 38.2 Å². The minimum atomic E-state index is -0.797. The van der Waals surface area contributed by atoms with Crippen LogP contribution < -0.4 is 0 Å². The maximum atomic E-state index is 10.4. The number of aromatic nitrogens is 3. The summed E-state index contributed by atoms with van der Waals surface area (Å²) in [5.74, 6) is 0.887. The summed E-state index contributed by atoms with van der Waals surface area (Å²) in [6.07, 6.45) is 1.38. The molecule has 1 heterocycles. The number of rotatable bonds is 6. The number of nitrogens with zero attached hydrogens (tertiary/aromatic N) is 2. The zero-order valence-electron chi connectivity index (χ0n) is 14.5. The normalized spacial score (nSPS) is 12.9. The quantitative estimate of drug-likeness (QED) is 0.645. The average molecular weight is 353 g/mol. The summed E-state index contributed by atoms with van der Waals surface area (Å²) in [4.78, 5) is 0. The van der Waals surface area contributed by atoms with Gasteiger partial charge in [-0.2, -0.15) is 5.10 Å². The molecule has 0 saturated heterocycles. The number of benzene rings is 2. The molecule has 2 N–H and O–H groups in total. The molecule has 0 saturated carbocycles. The van der Waals surface area contributed by atoms with Gasteiger partial charge in [0.1, 0.15) is 5.82 Å². The highest BCUT2D eigenvalue weighted by Crippen LogP contribution is 2.30. The Morgan fingerprint density at radius 2 is 1.68 bits per heavy atom. The van der Waals surface area contributed by atoms with Crippen molar-refractivity contribution >= 4 is 12.2 Å². The second-order valence-electron chi connectivity index (χ2n) is 6.96. The summed E-state index contributed by atoms with van der Waals surface area (Å²) in [7, 11) is 0. The number of nitrogens with one attached hydrogen (secondary N) is 1.